The summed E-state index contributed by atoms with van der Waals surface area (Å²) >= 11 is 0. The Morgan fingerprint density at radius 1 is 1.62 bits per heavy atom. The van der Waals surface area contributed by atoms with Gasteiger partial charge in [-0.2, -0.15) is 4.39 Å². The number of likely N-dealkylation sites (tertiary alicyclic amines) is 1. The minimum absolute atomic E-state index is 0.0385. The first kappa shape index (κ1) is 11.0. The summed E-state index contributed by atoms with van der Waals surface area (Å²) in [4.78, 5) is 17.3. The molecule has 0 saturated carbocycles. The molecule has 1 atom stereocenters. The number of pyridine rings is 1. The van der Waals surface area contributed by atoms with Crippen LogP contribution >= 0.6 is 0 Å². The van der Waals surface area contributed by atoms with Crippen molar-refractivity contribution in [2.24, 2.45) is 5.92 Å². The summed E-state index contributed by atoms with van der Waals surface area (Å²) in [6.07, 6.45) is 3.47. The molecule has 0 aromatic carbocycles. The SMILES string of the molecule is CCC1CCN(C(=O)c2ccc(F)nc2)C1. The third kappa shape index (κ3) is 2.21. The van der Waals surface area contributed by atoms with Gasteiger partial charge in [-0.25, -0.2) is 4.98 Å². The topological polar surface area (TPSA) is 33.2 Å². The van der Waals surface area contributed by atoms with Crippen LogP contribution in [0.5, 0.6) is 0 Å². The molecule has 1 unspecified atom stereocenters. The van der Waals surface area contributed by atoms with Crippen molar-refractivity contribution in [3.8, 4) is 0 Å². The van der Waals surface area contributed by atoms with Crippen LogP contribution < -0.4 is 0 Å². The minimum Gasteiger partial charge on any atom is -0.338 e. The lowest BCUT2D eigenvalue weighted by Crippen LogP contribution is -2.28. The van der Waals surface area contributed by atoms with Crippen molar-refractivity contribution in [2.45, 2.75) is 19.8 Å². The van der Waals surface area contributed by atoms with Crippen LogP contribution in [0.2, 0.25) is 0 Å². The van der Waals surface area contributed by atoms with Gasteiger partial charge in [-0.1, -0.05) is 13.3 Å². The molecule has 0 bridgehead atoms. The summed E-state index contributed by atoms with van der Waals surface area (Å²) < 4.78 is 12.6. The summed E-state index contributed by atoms with van der Waals surface area (Å²) in [6, 6.07) is 2.71. The highest BCUT2D eigenvalue weighted by molar-refractivity contribution is 5.94. The maximum atomic E-state index is 12.6. The maximum absolute atomic E-state index is 12.6. The fourth-order valence-corrected chi connectivity index (χ4v) is 2.04. The molecular weight excluding hydrogens is 207 g/mol. The standard InChI is InChI=1S/C12H15FN2O/c1-2-9-5-6-15(8-9)12(16)10-3-4-11(13)14-7-10/h3-4,7,9H,2,5-6,8H2,1H3. The van der Waals surface area contributed by atoms with Crippen LogP contribution in [0.15, 0.2) is 18.3 Å². The second-order valence-electron chi connectivity index (χ2n) is 4.18. The van der Waals surface area contributed by atoms with Crippen molar-refractivity contribution in [3.63, 3.8) is 0 Å². The largest absolute Gasteiger partial charge is 0.338 e. The zero-order chi connectivity index (χ0) is 11.5. The van der Waals surface area contributed by atoms with Gasteiger partial charge in [0.2, 0.25) is 5.95 Å². The molecular formula is C12H15FN2O. The van der Waals surface area contributed by atoms with Crippen molar-refractivity contribution in [1.82, 2.24) is 9.88 Å². The summed E-state index contributed by atoms with van der Waals surface area (Å²) in [7, 11) is 0. The molecule has 1 saturated heterocycles. The Kier molecular flexibility index (Phi) is 3.17. The predicted molar refractivity (Wildman–Crippen MR) is 58.5 cm³/mol. The molecule has 1 aliphatic rings. The third-order valence-corrected chi connectivity index (χ3v) is 3.12. The van der Waals surface area contributed by atoms with Gasteiger partial charge >= 0.3 is 0 Å². The van der Waals surface area contributed by atoms with E-state index in [2.05, 4.69) is 11.9 Å². The monoisotopic (exact) mass is 222 g/mol. The second kappa shape index (κ2) is 4.60. The molecule has 1 aromatic rings. The molecule has 0 N–H and O–H groups in total. The highest BCUT2D eigenvalue weighted by Crippen LogP contribution is 2.20. The molecule has 1 aliphatic heterocycles. The van der Waals surface area contributed by atoms with Gasteiger partial charge in [0, 0.05) is 19.3 Å². The molecule has 1 aromatic heterocycles. The second-order valence-corrected chi connectivity index (χ2v) is 4.18. The summed E-state index contributed by atoms with van der Waals surface area (Å²) in [5.41, 5.74) is 0.471. The molecule has 4 heteroatoms. The zero-order valence-electron chi connectivity index (χ0n) is 9.32. The van der Waals surface area contributed by atoms with Crippen LogP contribution in [0.25, 0.3) is 0 Å². The van der Waals surface area contributed by atoms with E-state index in [9.17, 15) is 9.18 Å². The Bertz CT molecular complexity index is 377. The lowest BCUT2D eigenvalue weighted by molar-refractivity contribution is 0.0786. The van der Waals surface area contributed by atoms with Gasteiger partial charge in [0.25, 0.3) is 5.91 Å². The van der Waals surface area contributed by atoms with Gasteiger partial charge in [-0.3, -0.25) is 4.79 Å². The number of halogens is 1. The Morgan fingerprint density at radius 2 is 2.44 bits per heavy atom. The fourth-order valence-electron chi connectivity index (χ4n) is 2.04. The van der Waals surface area contributed by atoms with Crippen LogP contribution in [0, 0.1) is 11.9 Å². The molecule has 0 spiro atoms. The van der Waals surface area contributed by atoms with E-state index in [0.29, 0.717) is 11.5 Å². The van der Waals surface area contributed by atoms with Crippen molar-refractivity contribution in [2.75, 3.05) is 13.1 Å². The Hall–Kier alpha value is -1.45. The van der Waals surface area contributed by atoms with E-state index in [1.807, 2.05) is 4.90 Å². The minimum atomic E-state index is -0.551. The quantitative estimate of drug-likeness (QED) is 0.718. The normalized spacial score (nSPS) is 20.1. The van der Waals surface area contributed by atoms with Crippen molar-refractivity contribution < 1.29 is 9.18 Å². The number of rotatable bonds is 2. The number of amides is 1. The van der Waals surface area contributed by atoms with E-state index >= 15 is 0 Å². The average molecular weight is 222 g/mol. The van der Waals surface area contributed by atoms with Crippen LogP contribution in [0.3, 0.4) is 0 Å². The lowest BCUT2D eigenvalue weighted by atomic mass is 10.1. The van der Waals surface area contributed by atoms with Crippen LogP contribution in [-0.2, 0) is 0 Å². The molecule has 1 amide bonds. The van der Waals surface area contributed by atoms with E-state index in [0.717, 1.165) is 25.9 Å². The van der Waals surface area contributed by atoms with Gasteiger partial charge in [-0.05, 0) is 24.5 Å². The molecule has 86 valence electrons. The van der Waals surface area contributed by atoms with Gasteiger partial charge < -0.3 is 4.90 Å². The van der Waals surface area contributed by atoms with E-state index < -0.39 is 5.95 Å². The van der Waals surface area contributed by atoms with E-state index in [4.69, 9.17) is 0 Å². The first-order chi connectivity index (χ1) is 7.70. The fraction of sp³-hybridized carbons (Fsp3) is 0.500. The van der Waals surface area contributed by atoms with Crippen LogP contribution in [0.1, 0.15) is 30.1 Å². The highest BCUT2D eigenvalue weighted by Gasteiger charge is 2.25. The Labute approximate surface area is 94.3 Å². The van der Waals surface area contributed by atoms with Crippen LogP contribution in [-0.4, -0.2) is 28.9 Å². The van der Waals surface area contributed by atoms with Gasteiger partial charge in [-0.15, -0.1) is 0 Å². The molecule has 1 fully saturated rings. The first-order valence-electron chi connectivity index (χ1n) is 5.61. The van der Waals surface area contributed by atoms with Crippen molar-refractivity contribution in [3.05, 3.63) is 29.8 Å². The molecule has 3 nitrogen and oxygen atoms in total. The number of carbonyl (C=O) groups excluding carboxylic acids is 1. The zero-order valence-corrected chi connectivity index (χ0v) is 9.32. The molecule has 2 rings (SSSR count). The Morgan fingerprint density at radius 3 is 3.00 bits per heavy atom. The van der Waals surface area contributed by atoms with Gasteiger partial charge in [0.1, 0.15) is 0 Å². The number of nitrogens with zero attached hydrogens (tertiary/aromatic N) is 2. The summed E-state index contributed by atoms with van der Waals surface area (Å²) in [6.45, 7) is 3.75. The number of carbonyl (C=O) groups is 1. The number of hydrogen-bond donors (Lipinski definition) is 0. The number of aromatic nitrogens is 1. The average Bonchev–Trinajstić information content (AvgIpc) is 2.77. The van der Waals surface area contributed by atoms with Crippen molar-refractivity contribution >= 4 is 5.91 Å². The first-order valence-corrected chi connectivity index (χ1v) is 5.61. The summed E-state index contributed by atoms with van der Waals surface area (Å²) in [5.74, 6) is 0.0187. The molecule has 0 aliphatic carbocycles. The van der Waals surface area contributed by atoms with Gasteiger partial charge in [0.05, 0.1) is 5.56 Å². The number of hydrogen-bond acceptors (Lipinski definition) is 2. The molecule has 2 heterocycles. The Balaban J connectivity index is 2.05. The van der Waals surface area contributed by atoms with Crippen molar-refractivity contribution in [1.29, 1.82) is 0 Å². The van der Waals surface area contributed by atoms with E-state index in [-0.39, 0.29) is 5.91 Å². The maximum Gasteiger partial charge on any atom is 0.255 e. The van der Waals surface area contributed by atoms with E-state index in [1.165, 1.54) is 18.3 Å². The van der Waals surface area contributed by atoms with E-state index in [1.54, 1.807) is 0 Å². The summed E-state index contributed by atoms with van der Waals surface area (Å²) in [5, 5.41) is 0. The predicted octanol–water partition coefficient (Wildman–Crippen LogP) is 2.09. The molecule has 0 radical (unpaired) electrons. The highest BCUT2D eigenvalue weighted by atomic mass is 19.1. The lowest BCUT2D eigenvalue weighted by Gasteiger charge is -2.15. The van der Waals surface area contributed by atoms with Crippen LogP contribution in [0.4, 0.5) is 4.39 Å². The third-order valence-electron chi connectivity index (χ3n) is 3.12. The molecule has 16 heavy (non-hydrogen) atoms. The van der Waals surface area contributed by atoms with Gasteiger partial charge in [0.15, 0.2) is 0 Å². The smallest absolute Gasteiger partial charge is 0.255 e.